The minimum atomic E-state index is -3.74. The summed E-state index contributed by atoms with van der Waals surface area (Å²) in [6, 6.07) is 14.7. The summed E-state index contributed by atoms with van der Waals surface area (Å²) in [6.07, 6.45) is 0. The van der Waals surface area contributed by atoms with E-state index in [9.17, 15) is 8.42 Å². The van der Waals surface area contributed by atoms with Crippen LogP contribution in [0.2, 0.25) is 5.02 Å². The molecule has 3 aromatic rings. The number of hydrogen-bond donors (Lipinski definition) is 1. The lowest BCUT2D eigenvalue weighted by Crippen LogP contribution is -2.15. The fraction of sp³-hybridized carbons (Fsp3) is 0.167. The van der Waals surface area contributed by atoms with Gasteiger partial charge in [-0.15, -0.1) is 0 Å². The Morgan fingerprint density at radius 2 is 1.73 bits per heavy atom. The lowest BCUT2D eigenvalue weighted by atomic mass is 10.3. The van der Waals surface area contributed by atoms with E-state index in [1.807, 2.05) is 24.3 Å². The zero-order valence-corrected chi connectivity index (χ0v) is 16.9. The number of para-hydroxylation sites is 1. The van der Waals surface area contributed by atoms with E-state index in [4.69, 9.17) is 11.6 Å². The van der Waals surface area contributed by atoms with Gasteiger partial charge >= 0.3 is 0 Å². The van der Waals surface area contributed by atoms with Gasteiger partial charge in [0.15, 0.2) is 0 Å². The fourth-order valence-electron chi connectivity index (χ4n) is 2.61. The van der Waals surface area contributed by atoms with Crippen molar-refractivity contribution in [1.82, 2.24) is 9.78 Å². The molecule has 0 atom stereocenters. The van der Waals surface area contributed by atoms with E-state index in [0.717, 1.165) is 9.79 Å². The Morgan fingerprint density at radius 1 is 1.08 bits per heavy atom. The van der Waals surface area contributed by atoms with E-state index in [1.165, 1.54) is 11.8 Å². The summed E-state index contributed by atoms with van der Waals surface area (Å²) in [6.45, 7) is 3.43. The van der Waals surface area contributed by atoms with Crippen LogP contribution in [0.1, 0.15) is 11.4 Å². The Balaban J connectivity index is 1.94. The second kappa shape index (κ2) is 7.34. The summed E-state index contributed by atoms with van der Waals surface area (Å²) in [7, 11) is -2.02. The molecule has 0 radical (unpaired) electrons. The van der Waals surface area contributed by atoms with Crippen molar-refractivity contribution in [2.45, 2.75) is 28.5 Å². The van der Waals surface area contributed by atoms with Gasteiger partial charge in [-0.1, -0.05) is 35.5 Å². The zero-order chi connectivity index (χ0) is 18.9. The standard InChI is InChI=1S/C18H18ClN3O2S2/c1-12-18(13(2)22(3)20-12)26(23,24)21-16-6-4-5-7-17(16)25-15-10-8-14(19)9-11-15/h4-11,21H,1-3H3. The summed E-state index contributed by atoms with van der Waals surface area (Å²) in [5, 5.41) is 4.85. The summed E-state index contributed by atoms with van der Waals surface area (Å²) in [5.41, 5.74) is 1.59. The zero-order valence-electron chi connectivity index (χ0n) is 14.5. The molecule has 1 aromatic heterocycles. The summed E-state index contributed by atoms with van der Waals surface area (Å²) in [4.78, 5) is 1.98. The van der Waals surface area contributed by atoms with Gasteiger partial charge in [-0.2, -0.15) is 5.10 Å². The molecule has 0 saturated heterocycles. The van der Waals surface area contributed by atoms with E-state index in [-0.39, 0.29) is 4.90 Å². The molecule has 0 aliphatic rings. The predicted molar refractivity (Wildman–Crippen MR) is 106 cm³/mol. The Kier molecular flexibility index (Phi) is 5.32. The number of aryl methyl sites for hydroxylation is 2. The van der Waals surface area contributed by atoms with Crippen molar-refractivity contribution in [3.8, 4) is 0 Å². The number of benzene rings is 2. The number of halogens is 1. The maximum atomic E-state index is 12.9. The summed E-state index contributed by atoms with van der Waals surface area (Å²) in [5.74, 6) is 0. The first-order chi connectivity index (χ1) is 12.3. The SMILES string of the molecule is Cc1nn(C)c(C)c1S(=O)(=O)Nc1ccccc1Sc1ccc(Cl)cc1. The highest BCUT2D eigenvalue weighted by Gasteiger charge is 2.24. The van der Waals surface area contributed by atoms with Crippen LogP contribution in [0, 0.1) is 13.8 Å². The van der Waals surface area contributed by atoms with Crippen molar-refractivity contribution in [3.63, 3.8) is 0 Å². The van der Waals surface area contributed by atoms with Crippen LogP contribution in [0.3, 0.4) is 0 Å². The van der Waals surface area contributed by atoms with Gasteiger partial charge in [0.05, 0.1) is 17.1 Å². The molecule has 0 aliphatic heterocycles. The molecule has 0 aliphatic carbocycles. The molecular weight excluding hydrogens is 390 g/mol. The largest absolute Gasteiger partial charge is 0.278 e. The number of aromatic nitrogens is 2. The first-order valence-electron chi connectivity index (χ1n) is 7.83. The normalized spacial score (nSPS) is 11.5. The number of hydrogen-bond acceptors (Lipinski definition) is 4. The van der Waals surface area contributed by atoms with Crippen LogP contribution in [0.15, 0.2) is 63.2 Å². The molecule has 0 fully saturated rings. The Bertz CT molecular complexity index is 1040. The maximum Gasteiger partial charge on any atom is 0.265 e. The van der Waals surface area contributed by atoms with Gasteiger partial charge < -0.3 is 0 Å². The molecule has 0 spiro atoms. The second-order valence-electron chi connectivity index (χ2n) is 5.78. The number of sulfonamides is 1. The quantitative estimate of drug-likeness (QED) is 0.669. The molecule has 136 valence electrons. The molecule has 1 heterocycles. The molecule has 0 saturated carbocycles. The Morgan fingerprint density at radius 3 is 2.35 bits per heavy atom. The molecule has 8 heteroatoms. The van der Waals surface area contributed by atoms with E-state index < -0.39 is 10.0 Å². The number of rotatable bonds is 5. The van der Waals surface area contributed by atoms with Crippen LogP contribution in [-0.4, -0.2) is 18.2 Å². The molecule has 0 amide bonds. The van der Waals surface area contributed by atoms with Crippen molar-refractivity contribution < 1.29 is 8.42 Å². The minimum Gasteiger partial charge on any atom is -0.278 e. The third-order valence-corrected chi connectivity index (χ3v) is 6.84. The number of nitrogens with one attached hydrogen (secondary N) is 1. The van der Waals surface area contributed by atoms with Crippen molar-refractivity contribution >= 4 is 39.1 Å². The van der Waals surface area contributed by atoms with Gasteiger partial charge in [-0.3, -0.25) is 9.40 Å². The minimum absolute atomic E-state index is 0.214. The van der Waals surface area contributed by atoms with Crippen LogP contribution in [0.4, 0.5) is 5.69 Å². The topological polar surface area (TPSA) is 64.0 Å². The third kappa shape index (κ3) is 3.90. The summed E-state index contributed by atoms with van der Waals surface area (Å²) >= 11 is 7.39. The van der Waals surface area contributed by atoms with Gasteiger partial charge in [0.1, 0.15) is 4.90 Å². The maximum absolute atomic E-state index is 12.9. The highest BCUT2D eigenvalue weighted by atomic mass is 35.5. The number of nitrogens with zero attached hydrogens (tertiary/aromatic N) is 2. The first-order valence-corrected chi connectivity index (χ1v) is 10.5. The van der Waals surface area contributed by atoms with Gasteiger partial charge in [-0.25, -0.2) is 8.42 Å². The third-order valence-electron chi connectivity index (χ3n) is 3.88. The molecule has 5 nitrogen and oxygen atoms in total. The Hall–Kier alpha value is -1.96. The number of anilines is 1. The van der Waals surface area contributed by atoms with Crippen molar-refractivity contribution in [1.29, 1.82) is 0 Å². The van der Waals surface area contributed by atoms with Gasteiger partial charge in [-0.05, 0) is 50.2 Å². The van der Waals surface area contributed by atoms with Gasteiger partial charge in [0, 0.05) is 21.9 Å². The smallest absolute Gasteiger partial charge is 0.265 e. The van der Waals surface area contributed by atoms with Gasteiger partial charge in [0.25, 0.3) is 10.0 Å². The van der Waals surface area contributed by atoms with Crippen LogP contribution in [-0.2, 0) is 17.1 Å². The fourth-order valence-corrected chi connectivity index (χ4v) is 5.22. The van der Waals surface area contributed by atoms with E-state index >= 15 is 0 Å². The predicted octanol–water partition coefficient (Wildman–Crippen LogP) is 4.64. The average molecular weight is 408 g/mol. The van der Waals surface area contributed by atoms with Crippen molar-refractivity contribution in [2.75, 3.05) is 4.72 Å². The molecule has 1 N–H and O–H groups in total. The van der Waals surface area contributed by atoms with Crippen molar-refractivity contribution in [3.05, 3.63) is 64.9 Å². The van der Waals surface area contributed by atoms with Gasteiger partial charge in [0.2, 0.25) is 0 Å². The lowest BCUT2D eigenvalue weighted by Gasteiger charge is -2.12. The van der Waals surface area contributed by atoms with Crippen LogP contribution in [0.5, 0.6) is 0 Å². The lowest BCUT2D eigenvalue weighted by molar-refractivity contribution is 0.599. The molecule has 0 unspecified atom stereocenters. The molecule has 26 heavy (non-hydrogen) atoms. The van der Waals surface area contributed by atoms with E-state index in [1.54, 1.807) is 49.8 Å². The highest BCUT2D eigenvalue weighted by molar-refractivity contribution is 7.99. The molecule has 2 aromatic carbocycles. The average Bonchev–Trinajstić information content (AvgIpc) is 2.84. The van der Waals surface area contributed by atoms with Crippen molar-refractivity contribution in [2.24, 2.45) is 7.05 Å². The van der Waals surface area contributed by atoms with E-state index in [2.05, 4.69) is 9.82 Å². The second-order valence-corrected chi connectivity index (χ2v) is 8.95. The monoisotopic (exact) mass is 407 g/mol. The van der Waals surface area contributed by atoms with Crippen LogP contribution in [0.25, 0.3) is 0 Å². The highest BCUT2D eigenvalue weighted by Crippen LogP contribution is 2.35. The Labute approximate surface area is 162 Å². The van der Waals surface area contributed by atoms with E-state index in [0.29, 0.717) is 22.1 Å². The summed E-state index contributed by atoms with van der Waals surface area (Å²) < 4.78 is 30.1. The van der Waals surface area contributed by atoms with Crippen LogP contribution < -0.4 is 4.72 Å². The molecule has 0 bridgehead atoms. The van der Waals surface area contributed by atoms with Crippen LogP contribution >= 0.6 is 23.4 Å². The molecule has 3 rings (SSSR count). The first kappa shape index (κ1) is 18.8. The molecular formula is C18H18ClN3O2S2.